The number of nitrogens with two attached hydrogens (primary N) is 1. The van der Waals surface area contributed by atoms with E-state index in [1.165, 1.54) is 12.1 Å². The Morgan fingerprint density at radius 3 is 2.65 bits per heavy atom. The fraction of sp³-hybridized carbons (Fsp3) is 0.0769. The van der Waals surface area contributed by atoms with E-state index >= 15 is 0 Å². The lowest BCUT2D eigenvalue weighted by atomic mass is 10.2. The number of nitrogens with zero attached hydrogens (tertiary/aromatic N) is 1. The Labute approximate surface area is 123 Å². The number of nitrogens with one attached hydrogen (secondary N) is 1. The Morgan fingerprint density at radius 2 is 2.00 bits per heavy atom. The van der Waals surface area contributed by atoms with Crippen LogP contribution < -0.4 is 16.0 Å². The summed E-state index contributed by atoms with van der Waals surface area (Å²) in [7, 11) is 0. The van der Waals surface area contributed by atoms with Gasteiger partial charge in [-0.3, -0.25) is 16.0 Å². The van der Waals surface area contributed by atoms with Gasteiger partial charge in [0.15, 0.2) is 5.75 Å². The first-order valence-electron chi connectivity index (χ1n) is 5.73. The van der Waals surface area contributed by atoms with Crippen LogP contribution in [-0.4, -0.2) is 4.92 Å². The molecule has 0 bridgehead atoms. The molecule has 2 rings (SSSR count). The van der Waals surface area contributed by atoms with Gasteiger partial charge in [-0.05, 0) is 18.2 Å². The van der Waals surface area contributed by atoms with Gasteiger partial charge in [-0.2, -0.15) is 0 Å². The highest BCUT2D eigenvalue weighted by molar-refractivity contribution is 9.10. The minimum atomic E-state index is -0.523. The lowest BCUT2D eigenvalue weighted by Gasteiger charge is -2.10. The van der Waals surface area contributed by atoms with E-state index in [1.807, 2.05) is 24.3 Å². The van der Waals surface area contributed by atoms with E-state index in [0.29, 0.717) is 0 Å². The molecule has 2 aromatic rings. The van der Waals surface area contributed by atoms with Crippen molar-refractivity contribution in [3.8, 4) is 5.75 Å². The molecule has 0 aromatic heterocycles. The maximum atomic E-state index is 11.1. The van der Waals surface area contributed by atoms with Crippen LogP contribution in [0.1, 0.15) is 5.56 Å². The molecule has 0 aliphatic heterocycles. The van der Waals surface area contributed by atoms with Gasteiger partial charge >= 0.3 is 5.69 Å². The number of hydrazine groups is 1. The Bertz CT molecular complexity index is 634. The molecular formula is C13H12BrN3O3. The maximum Gasteiger partial charge on any atom is 0.335 e. The van der Waals surface area contributed by atoms with Crippen molar-refractivity contribution >= 4 is 27.3 Å². The van der Waals surface area contributed by atoms with E-state index in [0.717, 1.165) is 10.0 Å². The summed E-state index contributed by atoms with van der Waals surface area (Å²) >= 11 is 3.40. The molecular weight excluding hydrogens is 326 g/mol. The zero-order valence-electron chi connectivity index (χ0n) is 10.4. The van der Waals surface area contributed by atoms with E-state index in [-0.39, 0.29) is 23.7 Å². The number of hydrogen-bond donors (Lipinski definition) is 2. The van der Waals surface area contributed by atoms with Gasteiger partial charge in [0.1, 0.15) is 12.3 Å². The first kappa shape index (κ1) is 14.3. The summed E-state index contributed by atoms with van der Waals surface area (Å²) in [5.74, 6) is 5.44. The molecule has 20 heavy (non-hydrogen) atoms. The standard InChI is InChI=1S/C13H12BrN3O3/c14-10-5-2-1-4-9(10)8-20-12-7-3-6-11(16-15)13(12)17(18)19/h1-7,16H,8,15H2. The number of rotatable bonds is 5. The average Bonchev–Trinajstić information content (AvgIpc) is 2.45. The summed E-state index contributed by atoms with van der Waals surface area (Å²) in [4.78, 5) is 10.6. The van der Waals surface area contributed by atoms with Crippen molar-refractivity contribution in [1.29, 1.82) is 0 Å². The highest BCUT2D eigenvalue weighted by Gasteiger charge is 2.20. The Balaban J connectivity index is 2.26. The topological polar surface area (TPSA) is 90.4 Å². The maximum absolute atomic E-state index is 11.1. The zero-order chi connectivity index (χ0) is 14.5. The Kier molecular flexibility index (Phi) is 4.54. The molecule has 0 aliphatic carbocycles. The number of nitro groups is 1. The van der Waals surface area contributed by atoms with Crippen LogP contribution >= 0.6 is 15.9 Å². The molecule has 0 radical (unpaired) electrons. The summed E-state index contributed by atoms with van der Waals surface area (Å²) in [5, 5.41) is 11.1. The number of para-hydroxylation sites is 1. The van der Waals surface area contributed by atoms with Crippen molar-refractivity contribution in [3.05, 3.63) is 62.6 Å². The SMILES string of the molecule is NNc1cccc(OCc2ccccc2Br)c1[N+](=O)[O-]. The van der Waals surface area contributed by atoms with Crippen LogP contribution in [0, 0.1) is 10.1 Å². The van der Waals surface area contributed by atoms with Crippen LogP contribution in [0.4, 0.5) is 11.4 Å². The first-order valence-corrected chi connectivity index (χ1v) is 6.53. The number of ether oxygens (including phenoxy) is 1. The van der Waals surface area contributed by atoms with Crippen molar-refractivity contribution in [3.63, 3.8) is 0 Å². The molecule has 0 heterocycles. The van der Waals surface area contributed by atoms with Gasteiger partial charge in [-0.1, -0.05) is 40.2 Å². The lowest BCUT2D eigenvalue weighted by Crippen LogP contribution is -2.10. The van der Waals surface area contributed by atoms with Gasteiger partial charge in [0.2, 0.25) is 0 Å². The minimum Gasteiger partial charge on any atom is -0.482 e. The van der Waals surface area contributed by atoms with Crippen LogP contribution in [0.5, 0.6) is 5.75 Å². The van der Waals surface area contributed by atoms with Crippen molar-refractivity contribution in [2.75, 3.05) is 5.43 Å². The quantitative estimate of drug-likeness (QED) is 0.496. The molecule has 6 nitrogen and oxygen atoms in total. The lowest BCUT2D eigenvalue weighted by molar-refractivity contribution is -0.385. The second-order valence-electron chi connectivity index (χ2n) is 3.93. The van der Waals surface area contributed by atoms with Gasteiger partial charge < -0.3 is 10.2 Å². The normalized spacial score (nSPS) is 10.1. The van der Waals surface area contributed by atoms with Crippen molar-refractivity contribution in [2.45, 2.75) is 6.61 Å². The summed E-state index contributed by atoms with van der Waals surface area (Å²) < 4.78 is 6.43. The third kappa shape index (κ3) is 3.06. The number of nitrogen functional groups attached to an aromatic ring is 1. The third-order valence-electron chi connectivity index (χ3n) is 2.68. The average molecular weight is 338 g/mol. The molecule has 2 aromatic carbocycles. The zero-order valence-corrected chi connectivity index (χ0v) is 12.0. The van der Waals surface area contributed by atoms with Crippen molar-refractivity contribution < 1.29 is 9.66 Å². The second-order valence-corrected chi connectivity index (χ2v) is 4.79. The van der Waals surface area contributed by atoms with Gasteiger partial charge in [0.25, 0.3) is 0 Å². The number of anilines is 1. The van der Waals surface area contributed by atoms with Crippen LogP contribution in [-0.2, 0) is 6.61 Å². The molecule has 0 fully saturated rings. The molecule has 104 valence electrons. The fourth-order valence-corrected chi connectivity index (χ4v) is 2.11. The minimum absolute atomic E-state index is 0.168. The molecule has 0 saturated heterocycles. The van der Waals surface area contributed by atoms with Gasteiger partial charge in [-0.25, -0.2) is 0 Å². The monoisotopic (exact) mass is 337 g/mol. The predicted molar refractivity (Wildman–Crippen MR) is 79.4 cm³/mol. The van der Waals surface area contributed by atoms with Crippen molar-refractivity contribution in [2.24, 2.45) is 5.84 Å². The van der Waals surface area contributed by atoms with Gasteiger partial charge in [0.05, 0.1) is 4.92 Å². The van der Waals surface area contributed by atoms with Crippen LogP contribution in [0.2, 0.25) is 0 Å². The van der Waals surface area contributed by atoms with E-state index in [4.69, 9.17) is 10.6 Å². The summed E-state index contributed by atoms with van der Waals surface area (Å²) in [5.41, 5.74) is 3.22. The second kappa shape index (κ2) is 6.36. The fourth-order valence-electron chi connectivity index (χ4n) is 1.71. The van der Waals surface area contributed by atoms with Crippen LogP contribution in [0.15, 0.2) is 46.9 Å². The predicted octanol–water partition coefficient (Wildman–Crippen LogP) is 3.22. The van der Waals surface area contributed by atoms with E-state index < -0.39 is 4.92 Å². The largest absolute Gasteiger partial charge is 0.482 e. The molecule has 0 unspecified atom stereocenters. The van der Waals surface area contributed by atoms with Gasteiger partial charge in [-0.15, -0.1) is 0 Å². The molecule has 3 N–H and O–H groups in total. The van der Waals surface area contributed by atoms with E-state index in [2.05, 4.69) is 21.4 Å². The summed E-state index contributed by atoms with van der Waals surface area (Å²) in [6.07, 6.45) is 0. The molecule has 0 atom stereocenters. The smallest absolute Gasteiger partial charge is 0.335 e. The molecule has 0 spiro atoms. The highest BCUT2D eigenvalue weighted by atomic mass is 79.9. The summed E-state index contributed by atoms with van der Waals surface area (Å²) in [6.45, 7) is 0.219. The first-order chi connectivity index (χ1) is 9.63. The number of nitro benzene ring substituents is 1. The Morgan fingerprint density at radius 1 is 1.25 bits per heavy atom. The number of benzene rings is 2. The Hall–Kier alpha value is -2.12. The summed E-state index contributed by atoms with van der Waals surface area (Å²) in [6, 6.07) is 12.2. The molecule has 0 saturated carbocycles. The third-order valence-corrected chi connectivity index (χ3v) is 3.45. The van der Waals surface area contributed by atoms with Gasteiger partial charge in [0, 0.05) is 10.0 Å². The van der Waals surface area contributed by atoms with E-state index in [1.54, 1.807) is 6.07 Å². The van der Waals surface area contributed by atoms with Crippen LogP contribution in [0.25, 0.3) is 0 Å². The molecule has 0 amide bonds. The van der Waals surface area contributed by atoms with E-state index in [9.17, 15) is 10.1 Å². The van der Waals surface area contributed by atoms with Crippen LogP contribution in [0.3, 0.4) is 0 Å². The molecule has 7 heteroatoms. The number of hydrogen-bond acceptors (Lipinski definition) is 5. The number of halogens is 1. The highest BCUT2D eigenvalue weighted by Crippen LogP contribution is 2.34. The molecule has 0 aliphatic rings. The van der Waals surface area contributed by atoms with Crippen molar-refractivity contribution in [1.82, 2.24) is 0 Å².